The number of aliphatic carboxylic acids is 3. The van der Waals surface area contributed by atoms with Crippen molar-refractivity contribution in [1.82, 2.24) is 0 Å². The second kappa shape index (κ2) is 18.9. The summed E-state index contributed by atoms with van der Waals surface area (Å²) in [6.07, 6.45) is 2.50. The molecule has 0 heterocycles. The van der Waals surface area contributed by atoms with Gasteiger partial charge in [-0.2, -0.15) is 0 Å². The molecule has 0 aromatic heterocycles. The summed E-state index contributed by atoms with van der Waals surface area (Å²) in [6, 6.07) is 0. The number of rotatable bonds is 3. The molecule has 0 amide bonds. The SMILES string of the molecule is C=CC(=O)O.C=CC(=O)O.C=CC(=O)O.[Al]. The van der Waals surface area contributed by atoms with Crippen LogP contribution in [0.4, 0.5) is 0 Å². The van der Waals surface area contributed by atoms with Gasteiger partial charge in [0.15, 0.2) is 0 Å². The average Bonchev–Trinajstić information content (AvgIpc) is 2.19. The van der Waals surface area contributed by atoms with Crippen LogP contribution >= 0.6 is 0 Å². The Morgan fingerprint density at radius 3 is 0.750 bits per heavy atom. The maximum Gasteiger partial charge on any atom is 0.327 e. The minimum absolute atomic E-state index is 0. The molecule has 0 aliphatic carbocycles. The lowest BCUT2D eigenvalue weighted by Gasteiger charge is -1.64. The molecule has 3 N–H and O–H groups in total. The van der Waals surface area contributed by atoms with Gasteiger partial charge in [0, 0.05) is 35.6 Å². The maximum atomic E-state index is 9.25. The molecule has 87 valence electrons. The highest BCUT2D eigenvalue weighted by molar-refractivity contribution is 5.79. The Balaban J connectivity index is -0.0000000655. The fraction of sp³-hybridized carbons (Fsp3) is 0. The van der Waals surface area contributed by atoms with Crippen molar-refractivity contribution in [3.8, 4) is 0 Å². The van der Waals surface area contributed by atoms with E-state index in [9.17, 15) is 14.4 Å². The first-order valence-electron chi connectivity index (χ1n) is 3.37. The third-order valence-electron chi connectivity index (χ3n) is 0.524. The van der Waals surface area contributed by atoms with Gasteiger partial charge in [0.05, 0.1) is 0 Å². The summed E-state index contributed by atoms with van der Waals surface area (Å²) in [6.45, 7) is 8.88. The van der Waals surface area contributed by atoms with Crippen molar-refractivity contribution < 1.29 is 29.7 Å². The molecule has 0 aliphatic rings. The van der Waals surface area contributed by atoms with Crippen molar-refractivity contribution in [3.63, 3.8) is 0 Å². The molecule has 0 saturated heterocycles. The second-order valence-corrected chi connectivity index (χ2v) is 1.63. The Morgan fingerprint density at radius 2 is 0.750 bits per heavy atom. The van der Waals surface area contributed by atoms with E-state index in [0.717, 1.165) is 18.2 Å². The monoisotopic (exact) mass is 243 g/mol. The molecule has 16 heavy (non-hydrogen) atoms. The molecule has 0 aromatic rings. The summed E-state index contributed by atoms with van der Waals surface area (Å²) in [5, 5.41) is 22.8. The van der Waals surface area contributed by atoms with Crippen molar-refractivity contribution in [2.75, 3.05) is 0 Å². The molecule has 0 atom stereocenters. The van der Waals surface area contributed by atoms with Gasteiger partial charge in [0.25, 0.3) is 0 Å². The zero-order valence-electron chi connectivity index (χ0n) is 8.50. The highest BCUT2D eigenvalue weighted by atomic mass is 27.0. The molecule has 0 aromatic carbocycles. The molecule has 0 bridgehead atoms. The first-order valence-corrected chi connectivity index (χ1v) is 3.37. The zero-order chi connectivity index (χ0) is 12.9. The largest absolute Gasteiger partial charge is 0.478 e. The van der Waals surface area contributed by atoms with Crippen LogP contribution in [0.2, 0.25) is 0 Å². The predicted octanol–water partition coefficient (Wildman–Crippen LogP) is 0.390. The number of hydrogen-bond donors (Lipinski definition) is 3. The van der Waals surface area contributed by atoms with Crippen LogP contribution in [0.5, 0.6) is 0 Å². The predicted molar refractivity (Wildman–Crippen MR) is 59.3 cm³/mol. The van der Waals surface area contributed by atoms with Gasteiger partial charge in [-0.25, -0.2) is 14.4 Å². The summed E-state index contributed by atoms with van der Waals surface area (Å²) < 4.78 is 0. The van der Waals surface area contributed by atoms with E-state index in [1.807, 2.05) is 0 Å². The molecule has 0 spiro atoms. The third kappa shape index (κ3) is 87.5. The van der Waals surface area contributed by atoms with Gasteiger partial charge < -0.3 is 15.3 Å². The first-order chi connectivity index (χ1) is 6.81. The minimum atomic E-state index is -0.981. The Morgan fingerprint density at radius 1 is 0.688 bits per heavy atom. The van der Waals surface area contributed by atoms with Crippen molar-refractivity contribution >= 4 is 35.3 Å². The van der Waals surface area contributed by atoms with Crippen LogP contribution in [-0.2, 0) is 14.4 Å². The van der Waals surface area contributed by atoms with Crippen molar-refractivity contribution in [2.45, 2.75) is 0 Å². The van der Waals surface area contributed by atoms with Gasteiger partial charge in [-0.15, -0.1) is 0 Å². The van der Waals surface area contributed by atoms with E-state index in [-0.39, 0.29) is 17.4 Å². The number of carbonyl (C=O) groups is 3. The smallest absolute Gasteiger partial charge is 0.327 e. The average molecular weight is 243 g/mol. The van der Waals surface area contributed by atoms with E-state index in [0.29, 0.717) is 0 Å². The summed E-state index contributed by atoms with van der Waals surface area (Å²) in [5.74, 6) is -2.94. The summed E-state index contributed by atoms with van der Waals surface area (Å²) in [5.41, 5.74) is 0. The molecule has 0 aliphatic heterocycles. The fourth-order valence-electron chi connectivity index (χ4n) is 0. The molecule has 3 radical (unpaired) electrons. The molecular formula is C9H12AlO6. The molecule has 0 rings (SSSR count). The Hall–Kier alpha value is -1.84. The Labute approximate surface area is 103 Å². The fourth-order valence-corrected chi connectivity index (χ4v) is 0. The van der Waals surface area contributed by atoms with Gasteiger partial charge in [-0.05, 0) is 0 Å². The van der Waals surface area contributed by atoms with E-state index in [2.05, 4.69) is 19.7 Å². The Kier molecular flexibility index (Phi) is 28.0. The van der Waals surface area contributed by atoms with Crippen LogP contribution in [0.1, 0.15) is 0 Å². The van der Waals surface area contributed by atoms with Crippen molar-refractivity contribution in [2.24, 2.45) is 0 Å². The highest BCUT2D eigenvalue weighted by Gasteiger charge is 1.74. The van der Waals surface area contributed by atoms with Gasteiger partial charge in [0.1, 0.15) is 0 Å². The van der Waals surface area contributed by atoms with E-state index in [1.54, 1.807) is 0 Å². The van der Waals surface area contributed by atoms with Gasteiger partial charge >= 0.3 is 17.9 Å². The van der Waals surface area contributed by atoms with E-state index >= 15 is 0 Å². The van der Waals surface area contributed by atoms with Crippen LogP contribution in [0.25, 0.3) is 0 Å². The number of carboxylic acids is 3. The lowest BCUT2D eigenvalue weighted by atomic mass is 10.7. The minimum Gasteiger partial charge on any atom is -0.478 e. The van der Waals surface area contributed by atoms with Crippen LogP contribution in [0.3, 0.4) is 0 Å². The first kappa shape index (κ1) is 23.8. The molecule has 0 fully saturated rings. The van der Waals surface area contributed by atoms with Gasteiger partial charge in [-0.1, -0.05) is 19.7 Å². The molecule has 0 saturated carbocycles. The summed E-state index contributed by atoms with van der Waals surface area (Å²) in [4.78, 5) is 27.8. The van der Waals surface area contributed by atoms with Crippen LogP contribution in [-0.4, -0.2) is 50.6 Å². The lowest BCUT2D eigenvalue weighted by Crippen LogP contribution is -1.82. The topological polar surface area (TPSA) is 112 Å². The quantitative estimate of drug-likeness (QED) is 0.488. The van der Waals surface area contributed by atoms with Crippen molar-refractivity contribution in [3.05, 3.63) is 38.0 Å². The summed E-state index contributed by atoms with van der Waals surface area (Å²) in [7, 11) is 0. The standard InChI is InChI=1S/3C3H4O2.Al/c3*1-2-3(4)5;/h3*2H,1H2,(H,4,5);. The second-order valence-electron chi connectivity index (χ2n) is 1.63. The molecule has 0 unspecified atom stereocenters. The van der Waals surface area contributed by atoms with Crippen molar-refractivity contribution in [1.29, 1.82) is 0 Å². The Bertz CT molecular complexity index is 216. The van der Waals surface area contributed by atoms with Crippen LogP contribution in [0, 0.1) is 0 Å². The molecule has 6 nitrogen and oxygen atoms in total. The third-order valence-corrected chi connectivity index (χ3v) is 0.524. The van der Waals surface area contributed by atoms with Gasteiger partial charge in [0.2, 0.25) is 0 Å². The number of carboxylic acid groups (broad SMARTS) is 3. The zero-order valence-corrected chi connectivity index (χ0v) is 9.65. The lowest BCUT2D eigenvalue weighted by molar-refractivity contribution is -0.132. The molecular weight excluding hydrogens is 231 g/mol. The summed E-state index contributed by atoms with van der Waals surface area (Å²) >= 11 is 0. The van der Waals surface area contributed by atoms with Gasteiger partial charge in [-0.3, -0.25) is 0 Å². The van der Waals surface area contributed by atoms with Crippen LogP contribution in [0.15, 0.2) is 38.0 Å². The van der Waals surface area contributed by atoms with E-state index < -0.39 is 17.9 Å². The highest BCUT2D eigenvalue weighted by Crippen LogP contribution is 1.55. The normalized spacial score (nSPS) is 6.00. The number of hydrogen-bond acceptors (Lipinski definition) is 3. The maximum absolute atomic E-state index is 9.25. The van der Waals surface area contributed by atoms with E-state index in [1.165, 1.54) is 0 Å². The molecule has 7 heteroatoms. The van der Waals surface area contributed by atoms with Crippen LogP contribution < -0.4 is 0 Å². The van der Waals surface area contributed by atoms with E-state index in [4.69, 9.17) is 15.3 Å².